The Morgan fingerprint density at radius 2 is 1.58 bits per heavy atom. The second kappa shape index (κ2) is 18.3. The molecule has 6 rings (SSSR count). The standard InChI is InChI=1S/C42H42N8O6S/c1-26-8-12-29(13-9-26)42(28-6-4-3-5-7-28,30-14-18-33(56-2)19-15-30)57-23-22-44-35(51)21-20-34(40(54)55)48-38(52)27-10-16-31(17-11-27)45-24-32-25-46-37-36(47-32)39(53)50-41(43)49-37/h3-19,25,34,45H,20-24H2,1-2H3,(H,44,51)(H,48,52)(H,54,55)(H3,43,46,49,50,53). The number of aryl methyl sites for hydroxylation is 1. The number of nitrogens with two attached hydrogens (primary N) is 1. The number of fused-ring (bicyclic) bond motifs is 1. The maximum atomic E-state index is 13.0. The summed E-state index contributed by atoms with van der Waals surface area (Å²) in [6.45, 7) is 2.61. The number of rotatable bonds is 17. The Hall–Kier alpha value is -6.74. The summed E-state index contributed by atoms with van der Waals surface area (Å²) in [6, 6.07) is 31.8. The quantitative estimate of drug-likeness (QED) is 0.0531. The van der Waals surface area contributed by atoms with Crippen LogP contribution in [0.4, 0.5) is 11.6 Å². The lowest BCUT2D eigenvalue weighted by Gasteiger charge is -2.35. The van der Waals surface area contributed by atoms with E-state index in [2.05, 4.69) is 91.3 Å². The van der Waals surface area contributed by atoms with E-state index >= 15 is 0 Å². The number of aromatic nitrogens is 4. The van der Waals surface area contributed by atoms with Crippen LogP contribution in [-0.2, 0) is 20.9 Å². The first kappa shape index (κ1) is 39.9. The van der Waals surface area contributed by atoms with Gasteiger partial charge >= 0.3 is 5.97 Å². The van der Waals surface area contributed by atoms with Gasteiger partial charge in [0.05, 0.1) is 30.3 Å². The molecule has 0 saturated heterocycles. The topological polar surface area (TPSA) is 214 Å². The summed E-state index contributed by atoms with van der Waals surface area (Å²) >= 11 is 1.69. The Labute approximate surface area is 332 Å². The van der Waals surface area contributed by atoms with Crippen LogP contribution in [0.1, 0.15) is 51.1 Å². The molecule has 0 radical (unpaired) electrons. The lowest BCUT2D eigenvalue weighted by molar-refractivity contribution is -0.139. The van der Waals surface area contributed by atoms with E-state index in [9.17, 15) is 24.3 Å². The predicted octanol–water partition coefficient (Wildman–Crippen LogP) is 5.03. The number of hydrogen-bond donors (Lipinski definition) is 6. The smallest absolute Gasteiger partial charge is 0.326 e. The molecule has 0 aliphatic rings. The lowest BCUT2D eigenvalue weighted by Crippen LogP contribution is -2.41. The summed E-state index contributed by atoms with van der Waals surface area (Å²) in [5, 5.41) is 18.5. The molecular weight excluding hydrogens is 745 g/mol. The summed E-state index contributed by atoms with van der Waals surface area (Å²) in [7, 11) is 1.64. The molecule has 57 heavy (non-hydrogen) atoms. The highest BCUT2D eigenvalue weighted by Crippen LogP contribution is 2.48. The summed E-state index contributed by atoms with van der Waals surface area (Å²) in [5.41, 5.74) is 11.0. The lowest BCUT2D eigenvalue weighted by atomic mass is 9.83. The molecule has 2 atom stereocenters. The fourth-order valence-corrected chi connectivity index (χ4v) is 7.70. The van der Waals surface area contributed by atoms with Gasteiger partial charge in [0.2, 0.25) is 11.9 Å². The Bertz CT molecular complexity index is 2390. The zero-order chi connectivity index (χ0) is 40.4. The van der Waals surface area contributed by atoms with E-state index in [4.69, 9.17) is 10.5 Å². The van der Waals surface area contributed by atoms with Gasteiger partial charge in [-0.3, -0.25) is 19.4 Å². The second-order valence-corrected chi connectivity index (χ2v) is 14.5. The van der Waals surface area contributed by atoms with Crippen LogP contribution < -0.4 is 32.0 Å². The van der Waals surface area contributed by atoms with Crippen LogP contribution in [0.5, 0.6) is 5.75 Å². The number of hydrogen-bond acceptors (Lipinski definition) is 11. The molecule has 292 valence electrons. The number of ether oxygens (including phenoxy) is 1. The Kier molecular flexibility index (Phi) is 12.8. The van der Waals surface area contributed by atoms with Gasteiger partial charge < -0.3 is 31.5 Å². The van der Waals surface area contributed by atoms with Crippen molar-refractivity contribution in [1.29, 1.82) is 0 Å². The number of amides is 2. The normalized spacial score (nSPS) is 12.6. The average molecular weight is 787 g/mol. The first-order valence-corrected chi connectivity index (χ1v) is 19.1. The first-order chi connectivity index (χ1) is 27.5. The van der Waals surface area contributed by atoms with E-state index in [-0.39, 0.29) is 48.0 Å². The van der Waals surface area contributed by atoms with Crippen molar-refractivity contribution in [2.45, 2.75) is 37.1 Å². The van der Waals surface area contributed by atoms with Gasteiger partial charge in [-0.1, -0.05) is 72.3 Å². The molecule has 2 amide bonds. The van der Waals surface area contributed by atoms with E-state index in [1.807, 2.05) is 30.3 Å². The number of carbonyl (C=O) groups is 3. The molecule has 14 nitrogen and oxygen atoms in total. The third kappa shape index (κ3) is 9.74. The van der Waals surface area contributed by atoms with E-state index < -0.39 is 28.2 Å². The Morgan fingerprint density at radius 3 is 2.25 bits per heavy atom. The molecule has 4 aromatic carbocycles. The molecule has 6 aromatic rings. The van der Waals surface area contributed by atoms with Gasteiger partial charge in [0.1, 0.15) is 11.8 Å². The molecule has 2 heterocycles. The number of methoxy groups -OCH3 is 1. The van der Waals surface area contributed by atoms with Crippen LogP contribution in [-0.4, -0.2) is 68.3 Å². The first-order valence-electron chi connectivity index (χ1n) is 18.1. The summed E-state index contributed by atoms with van der Waals surface area (Å²) < 4.78 is 4.84. The zero-order valence-corrected chi connectivity index (χ0v) is 32.1. The van der Waals surface area contributed by atoms with E-state index in [0.717, 1.165) is 28.0 Å². The molecule has 0 saturated carbocycles. The van der Waals surface area contributed by atoms with E-state index in [1.165, 1.54) is 6.20 Å². The number of aliphatic carboxylic acids is 1. The maximum Gasteiger partial charge on any atom is 0.326 e. The Balaban J connectivity index is 1.03. The molecule has 0 spiro atoms. The number of carboxylic acid groups (broad SMARTS) is 1. The highest BCUT2D eigenvalue weighted by molar-refractivity contribution is 8.00. The average Bonchev–Trinajstić information content (AvgIpc) is 3.22. The van der Waals surface area contributed by atoms with Crippen LogP contribution in [0.25, 0.3) is 11.2 Å². The number of anilines is 2. The number of nitrogen functional groups attached to an aromatic ring is 1. The van der Waals surface area contributed by atoms with Gasteiger partial charge in [-0.05, 0) is 66.4 Å². The molecule has 2 unspecified atom stereocenters. The highest BCUT2D eigenvalue weighted by atomic mass is 32.2. The van der Waals surface area contributed by atoms with Gasteiger partial charge in [-0.25, -0.2) is 14.8 Å². The van der Waals surface area contributed by atoms with Crippen molar-refractivity contribution in [3.63, 3.8) is 0 Å². The number of thioether (sulfide) groups is 1. The molecule has 2 aromatic heterocycles. The van der Waals surface area contributed by atoms with Gasteiger partial charge in [0, 0.05) is 30.0 Å². The van der Waals surface area contributed by atoms with Crippen molar-refractivity contribution < 1.29 is 24.2 Å². The highest BCUT2D eigenvalue weighted by Gasteiger charge is 2.37. The van der Waals surface area contributed by atoms with Crippen molar-refractivity contribution >= 4 is 52.3 Å². The molecular formula is C42H42N8O6S. The van der Waals surface area contributed by atoms with Crippen molar-refractivity contribution in [1.82, 2.24) is 30.6 Å². The van der Waals surface area contributed by atoms with E-state index in [0.29, 0.717) is 23.7 Å². The number of benzene rings is 4. The largest absolute Gasteiger partial charge is 0.497 e. The number of H-pyrrole nitrogens is 1. The predicted molar refractivity (Wildman–Crippen MR) is 220 cm³/mol. The fourth-order valence-electron chi connectivity index (χ4n) is 6.28. The molecule has 0 fully saturated rings. The number of carbonyl (C=O) groups excluding carboxylic acids is 2. The molecule has 0 aliphatic heterocycles. The number of carboxylic acids is 1. The summed E-state index contributed by atoms with van der Waals surface area (Å²) in [6.07, 6.45) is 1.28. The van der Waals surface area contributed by atoms with Crippen molar-refractivity contribution in [3.8, 4) is 5.75 Å². The number of nitrogens with zero attached hydrogens (tertiary/aromatic N) is 3. The monoisotopic (exact) mass is 786 g/mol. The molecule has 7 N–H and O–H groups in total. The minimum atomic E-state index is -1.28. The van der Waals surface area contributed by atoms with Crippen LogP contribution in [0.2, 0.25) is 0 Å². The molecule has 15 heteroatoms. The number of aromatic amines is 1. The SMILES string of the molecule is COc1ccc(C(SCCNC(=O)CCC(NC(=O)c2ccc(NCc3cnc4nc(N)[nH]c(=O)c4n3)cc2)C(=O)O)(c2ccccc2)c2ccc(C)cc2)cc1. The van der Waals surface area contributed by atoms with Crippen molar-refractivity contribution in [3.05, 3.63) is 153 Å². The van der Waals surface area contributed by atoms with Crippen molar-refractivity contribution in [2.24, 2.45) is 0 Å². The van der Waals surface area contributed by atoms with Crippen LogP contribution in [0.15, 0.2) is 114 Å². The Morgan fingerprint density at radius 1 is 0.912 bits per heavy atom. The molecule has 0 aliphatic carbocycles. The summed E-state index contributed by atoms with van der Waals surface area (Å²) in [5.74, 6) is -0.915. The van der Waals surface area contributed by atoms with Crippen LogP contribution >= 0.6 is 11.8 Å². The zero-order valence-electron chi connectivity index (χ0n) is 31.3. The van der Waals surface area contributed by atoms with Crippen molar-refractivity contribution in [2.75, 3.05) is 30.5 Å². The van der Waals surface area contributed by atoms with Crippen LogP contribution in [0.3, 0.4) is 0 Å². The third-order valence-corrected chi connectivity index (χ3v) is 10.8. The van der Waals surface area contributed by atoms with Gasteiger partial charge in [0.25, 0.3) is 11.5 Å². The van der Waals surface area contributed by atoms with Crippen LogP contribution in [0, 0.1) is 6.92 Å². The molecule has 0 bridgehead atoms. The van der Waals surface area contributed by atoms with Gasteiger partial charge in [0.15, 0.2) is 11.2 Å². The second-order valence-electron chi connectivity index (χ2n) is 13.2. The summed E-state index contributed by atoms with van der Waals surface area (Å²) in [4.78, 5) is 65.0. The maximum absolute atomic E-state index is 13.0. The van der Waals surface area contributed by atoms with Gasteiger partial charge in [-0.15, -0.1) is 11.8 Å². The third-order valence-electron chi connectivity index (χ3n) is 9.25. The minimum absolute atomic E-state index is 0.0513. The number of nitrogens with one attached hydrogen (secondary N) is 4. The minimum Gasteiger partial charge on any atom is -0.497 e. The van der Waals surface area contributed by atoms with Gasteiger partial charge in [-0.2, -0.15) is 4.98 Å². The van der Waals surface area contributed by atoms with E-state index in [1.54, 1.807) is 43.1 Å². The fraction of sp³-hybridized carbons (Fsp3) is 0.214.